The van der Waals surface area contributed by atoms with E-state index in [1.54, 1.807) is 0 Å². The maximum atomic E-state index is 10.5. The van der Waals surface area contributed by atoms with Gasteiger partial charge in [-0.15, -0.1) is 0 Å². The smallest absolute Gasteiger partial charge is 0.210 e. The molecule has 0 aliphatic heterocycles. The third-order valence-electron chi connectivity index (χ3n) is 1.22. The summed E-state index contributed by atoms with van der Waals surface area (Å²) in [6.45, 7) is 7.46. The normalized spacial score (nSPS) is 13.3. The molecule has 4 nitrogen and oxygen atoms in total. The molecule has 0 aromatic heterocycles. The molecule has 0 aromatic carbocycles. The first-order valence-corrected chi connectivity index (χ1v) is 5.63. The fourth-order valence-corrected chi connectivity index (χ4v) is 1.11. The summed E-state index contributed by atoms with van der Waals surface area (Å²) in [5.41, 5.74) is 0.179. The predicted molar refractivity (Wildman–Crippen MR) is 50.3 cm³/mol. The van der Waals surface area contributed by atoms with Crippen LogP contribution < -0.4 is 10.5 Å². The van der Waals surface area contributed by atoms with Crippen molar-refractivity contribution in [3.05, 3.63) is 0 Å². The van der Waals surface area contributed by atoms with Crippen LogP contribution in [0.3, 0.4) is 0 Å². The highest BCUT2D eigenvalue weighted by Gasteiger charge is 2.09. The molecular weight excluding hydrogens is 176 g/mol. The minimum absolute atomic E-state index is 0.00306. The molecule has 0 spiro atoms. The molecule has 0 heterocycles. The summed E-state index contributed by atoms with van der Waals surface area (Å²) in [6.07, 6.45) is 0. The molecule has 0 atom stereocenters. The first-order valence-electron chi connectivity index (χ1n) is 3.92. The van der Waals surface area contributed by atoms with Crippen molar-refractivity contribution in [1.82, 2.24) is 5.32 Å². The van der Waals surface area contributed by atoms with Crippen LogP contribution in [0.2, 0.25) is 0 Å². The maximum Gasteiger partial charge on any atom is 0.210 e. The molecule has 0 aromatic rings. The van der Waals surface area contributed by atoms with Gasteiger partial charge in [-0.3, -0.25) is 0 Å². The summed E-state index contributed by atoms with van der Waals surface area (Å²) in [4.78, 5) is 0. The van der Waals surface area contributed by atoms with E-state index >= 15 is 0 Å². The fraction of sp³-hybridized carbons (Fsp3) is 1.00. The number of nitrogens with one attached hydrogen (secondary N) is 1. The van der Waals surface area contributed by atoms with Crippen LogP contribution in [-0.2, 0) is 10.0 Å². The van der Waals surface area contributed by atoms with Crippen molar-refractivity contribution in [3.8, 4) is 0 Å². The highest BCUT2D eigenvalue weighted by Crippen LogP contribution is 2.09. The number of nitrogens with two attached hydrogens (primary N) is 1. The minimum Gasteiger partial charge on any atom is -0.315 e. The summed E-state index contributed by atoms with van der Waals surface area (Å²) in [5.74, 6) is 0.00306. The van der Waals surface area contributed by atoms with Crippen LogP contribution in [0.1, 0.15) is 20.8 Å². The lowest BCUT2D eigenvalue weighted by molar-refractivity contribution is 0.385. The standard InChI is InChI=1S/C7H18N2O2S/c1-7(2,3)6-9-4-5-12(8,10)11/h9H,4-6H2,1-3H3,(H2,8,10,11). The largest absolute Gasteiger partial charge is 0.315 e. The van der Waals surface area contributed by atoms with Gasteiger partial charge >= 0.3 is 0 Å². The molecule has 0 bridgehead atoms. The Morgan fingerprint density at radius 3 is 2.17 bits per heavy atom. The van der Waals surface area contributed by atoms with Gasteiger partial charge in [0.2, 0.25) is 10.0 Å². The lowest BCUT2D eigenvalue weighted by Crippen LogP contribution is -2.32. The van der Waals surface area contributed by atoms with Crippen molar-refractivity contribution in [3.63, 3.8) is 0 Å². The lowest BCUT2D eigenvalue weighted by atomic mass is 9.97. The molecule has 74 valence electrons. The molecule has 0 unspecified atom stereocenters. The number of hydrogen-bond acceptors (Lipinski definition) is 3. The van der Waals surface area contributed by atoms with E-state index in [2.05, 4.69) is 26.1 Å². The second kappa shape index (κ2) is 4.20. The molecular formula is C7H18N2O2S. The average Bonchev–Trinajstić information content (AvgIpc) is 1.76. The van der Waals surface area contributed by atoms with Crippen molar-refractivity contribution in [2.24, 2.45) is 10.6 Å². The third-order valence-corrected chi connectivity index (χ3v) is 1.99. The number of hydrogen-bond donors (Lipinski definition) is 2. The van der Waals surface area contributed by atoms with E-state index in [4.69, 9.17) is 5.14 Å². The summed E-state index contributed by atoms with van der Waals surface area (Å²) >= 11 is 0. The van der Waals surface area contributed by atoms with Gasteiger partial charge in [0.1, 0.15) is 0 Å². The SMILES string of the molecule is CC(C)(C)CNCCS(N)(=O)=O. The first kappa shape index (κ1) is 11.9. The molecule has 5 heteroatoms. The van der Waals surface area contributed by atoms with Crippen molar-refractivity contribution in [1.29, 1.82) is 0 Å². The van der Waals surface area contributed by atoms with Crippen molar-refractivity contribution in [2.75, 3.05) is 18.8 Å². The second-order valence-corrected chi connectivity index (χ2v) is 5.84. The first-order chi connectivity index (χ1) is 5.21. The van der Waals surface area contributed by atoms with E-state index in [0.29, 0.717) is 6.54 Å². The summed E-state index contributed by atoms with van der Waals surface area (Å²) < 4.78 is 21.0. The summed E-state index contributed by atoms with van der Waals surface area (Å²) in [7, 11) is -3.30. The van der Waals surface area contributed by atoms with Crippen LogP contribution in [0.25, 0.3) is 0 Å². The predicted octanol–water partition coefficient (Wildman–Crippen LogP) is -0.0894. The Hall–Kier alpha value is -0.130. The molecule has 0 fully saturated rings. The van der Waals surface area contributed by atoms with Gasteiger partial charge in [-0.2, -0.15) is 0 Å². The highest BCUT2D eigenvalue weighted by atomic mass is 32.2. The minimum atomic E-state index is -3.30. The molecule has 0 saturated carbocycles. The van der Waals surface area contributed by atoms with Crippen molar-refractivity contribution >= 4 is 10.0 Å². The molecule has 12 heavy (non-hydrogen) atoms. The van der Waals surface area contributed by atoms with Gasteiger partial charge in [-0.1, -0.05) is 20.8 Å². The Morgan fingerprint density at radius 2 is 1.83 bits per heavy atom. The van der Waals surface area contributed by atoms with Crippen LogP contribution in [0.15, 0.2) is 0 Å². The lowest BCUT2D eigenvalue weighted by Gasteiger charge is -2.18. The third kappa shape index (κ3) is 9.87. The van der Waals surface area contributed by atoms with Crippen LogP contribution in [0.4, 0.5) is 0 Å². The van der Waals surface area contributed by atoms with Crippen molar-refractivity contribution in [2.45, 2.75) is 20.8 Å². The van der Waals surface area contributed by atoms with Gasteiger partial charge < -0.3 is 5.32 Å². The van der Waals surface area contributed by atoms with Gasteiger partial charge in [-0.25, -0.2) is 13.6 Å². The van der Waals surface area contributed by atoms with E-state index < -0.39 is 10.0 Å². The van der Waals surface area contributed by atoms with E-state index in [0.717, 1.165) is 6.54 Å². The number of sulfonamides is 1. The van der Waals surface area contributed by atoms with Crippen molar-refractivity contribution < 1.29 is 8.42 Å². The monoisotopic (exact) mass is 194 g/mol. The van der Waals surface area contributed by atoms with Gasteiger partial charge in [0, 0.05) is 13.1 Å². The zero-order valence-electron chi connectivity index (χ0n) is 7.92. The zero-order chi connectivity index (χ0) is 9.83. The van der Waals surface area contributed by atoms with Gasteiger partial charge in [-0.05, 0) is 5.41 Å². The maximum absolute atomic E-state index is 10.5. The van der Waals surface area contributed by atoms with Gasteiger partial charge in [0.25, 0.3) is 0 Å². The number of primary sulfonamides is 1. The van der Waals surface area contributed by atoms with Crippen LogP contribution in [0.5, 0.6) is 0 Å². The average molecular weight is 194 g/mol. The molecule has 0 saturated heterocycles. The Bertz CT molecular complexity index is 216. The quantitative estimate of drug-likeness (QED) is 0.614. The highest BCUT2D eigenvalue weighted by molar-refractivity contribution is 7.89. The molecule has 0 aliphatic rings. The van der Waals surface area contributed by atoms with Gasteiger partial charge in [0.15, 0.2) is 0 Å². The molecule has 0 amide bonds. The number of rotatable bonds is 4. The molecule has 3 N–H and O–H groups in total. The summed E-state index contributed by atoms with van der Waals surface area (Å²) in [6, 6.07) is 0. The Balaban J connectivity index is 3.48. The Kier molecular flexibility index (Phi) is 4.16. The van der Waals surface area contributed by atoms with Crippen LogP contribution in [0, 0.1) is 5.41 Å². The Morgan fingerprint density at radius 1 is 1.33 bits per heavy atom. The fourth-order valence-electron chi connectivity index (χ4n) is 0.678. The topological polar surface area (TPSA) is 72.2 Å². The summed E-state index contributed by atoms with van der Waals surface area (Å²) in [5, 5.41) is 7.84. The second-order valence-electron chi connectivity index (χ2n) is 4.10. The van der Waals surface area contributed by atoms with E-state index in [1.807, 2.05) is 0 Å². The van der Waals surface area contributed by atoms with Crippen LogP contribution in [-0.4, -0.2) is 27.3 Å². The van der Waals surface area contributed by atoms with Crippen LogP contribution >= 0.6 is 0 Å². The molecule has 0 aliphatic carbocycles. The molecule has 0 rings (SSSR count). The van der Waals surface area contributed by atoms with E-state index in [9.17, 15) is 8.42 Å². The Labute approximate surface area is 74.6 Å². The molecule has 0 radical (unpaired) electrons. The van der Waals surface area contributed by atoms with E-state index in [1.165, 1.54) is 0 Å². The van der Waals surface area contributed by atoms with E-state index in [-0.39, 0.29) is 11.2 Å². The van der Waals surface area contributed by atoms with Gasteiger partial charge in [0.05, 0.1) is 5.75 Å². The zero-order valence-corrected chi connectivity index (χ0v) is 8.74.